The van der Waals surface area contributed by atoms with Crippen LogP contribution in [0.2, 0.25) is 0 Å². The highest BCUT2D eigenvalue weighted by molar-refractivity contribution is 5.67. The lowest BCUT2D eigenvalue weighted by Gasteiger charge is -2.17. The molecule has 1 saturated carbocycles. The molecule has 1 fully saturated rings. The second kappa shape index (κ2) is 4.33. The van der Waals surface area contributed by atoms with Crippen LogP contribution < -0.4 is 0 Å². The molecule has 0 spiro atoms. The molecule has 0 N–H and O–H groups in total. The molecule has 0 radical (unpaired) electrons. The van der Waals surface area contributed by atoms with E-state index in [4.69, 9.17) is 4.74 Å². The third-order valence-electron chi connectivity index (χ3n) is 2.36. The minimum Gasteiger partial charge on any atom is -0.446 e. The summed E-state index contributed by atoms with van der Waals surface area (Å²) in [6.45, 7) is 2.65. The van der Waals surface area contributed by atoms with E-state index in [1.165, 1.54) is 12.8 Å². The number of hydrogen-bond donors (Lipinski definition) is 0. The summed E-state index contributed by atoms with van der Waals surface area (Å²) in [4.78, 5) is 12.8. The lowest BCUT2D eigenvalue weighted by atomic mass is 10.3. The maximum Gasteiger partial charge on any atom is 0.409 e. The van der Waals surface area contributed by atoms with Crippen LogP contribution in [0.3, 0.4) is 0 Å². The Morgan fingerprint density at radius 1 is 1.50 bits per heavy atom. The predicted molar refractivity (Wildman–Crippen MR) is 47.0 cm³/mol. The minimum atomic E-state index is -0.176. The number of carbonyl (C=O) groups is 1. The molecular weight excluding hydrogens is 154 g/mol. The van der Waals surface area contributed by atoms with Crippen molar-refractivity contribution in [1.82, 2.24) is 4.90 Å². The van der Waals surface area contributed by atoms with Crippen molar-refractivity contribution in [2.24, 2.45) is 0 Å². The van der Waals surface area contributed by atoms with Crippen LogP contribution in [0.1, 0.15) is 32.6 Å². The first-order valence-corrected chi connectivity index (χ1v) is 4.65. The fourth-order valence-corrected chi connectivity index (χ4v) is 1.37. The monoisotopic (exact) mass is 171 g/mol. The van der Waals surface area contributed by atoms with E-state index in [1.54, 1.807) is 11.9 Å². The van der Waals surface area contributed by atoms with Crippen molar-refractivity contribution in [2.45, 2.75) is 38.7 Å². The highest BCUT2D eigenvalue weighted by atomic mass is 16.6. The van der Waals surface area contributed by atoms with Crippen molar-refractivity contribution in [3.05, 3.63) is 0 Å². The van der Waals surface area contributed by atoms with Crippen LogP contribution in [0.4, 0.5) is 4.79 Å². The molecule has 1 amide bonds. The first-order valence-electron chi connectivity index (χ1n) is 4.65. The van der Waals surface area contributed by atoms with Crippen molar-refractivity contribution in [1.29, 1.82) is 0 Å². The van der Waals surface area contributed by atoms with Gasteiger partial charge in [0.05, 0.1) is 0 Å². The van der Waals surface area contributed by atoms with Gasteiger partial charge in [-0.1, -0.05) is 0 Å². The summed E-state index contributed by atoms with van der Waals surface area (Å²) < 4.78 is 5.25. The molecule has 0 saturated heterocycles. The molecule has 0 aromatic rings. The lowest BCUT2D eigenvalue weighted by molar-refractivity contribution is 0.0732. The zero-order valence-electron chi connectivity index (χ0n) is 7.88. The zero-order chi connectivity index (χ0) is 8.97. The summed E-state index contributed by atoms with van der Waals surface area (Å²) in [7, 11) is 1.76. The van der Waals surface area contributed by atoms with Crippen LogP contribution in [-0.2, 0) is 4.74 Å². The molecule has 0 aromatic carbocycles. The van der Waals surface area contributed by atoms with Gasteiger partial charge in [0.15, 0.2) is 0 Å². The summed E-state index contributed by atoms with van der Waals surface area (Å²) in [6, 6.07) is 0. The van der Waals surface area contributed by atoms with E-state index < -0.39 is 0 Å². The molecule has 1 rings (SSSR count). The summed E-state index contributed by atoms with van der Waals surface area (Å²) in [5.74, 6) is 0. The van der Waals surface area contributed by atoms with Crippen LogP contribution in [0.25, 0.3) is 0 Å². The predicted octanol–water partition coefficient (Wildman–Crippen LogP) is 2.02. The van der Waals surface area contributed by atoms with Crippen LogP contribution in [0.15, 0.2) is 0 Å². The summed E-state index contributed by atoms with van der Waals surface area (Å²) in [5.41, 5.74) is 0. The first-order chi connectivity index (χ1) is 5.74. The molecule has 70 valence electrons. The number of amides is 1. The fraction of sp³-hybridized carbons (Fsp3) is 0.889. The molecule has 0 unspecified atom stereocenters. The SMILES string of the molecule is CCN(C)C(=O)OC1CCCC1. The largest absolute Gasteiger partial charge is 0.446 e. The molecule has 0 atom stereocenters. The number of rotatable bonds is 2. The topological polar surface area (TPSA) is 29.5 Å². The molecule has 1 aliphatic rings. The van der Waals surface area contributed by atoms with Crippen LogP contribution in [0.5, 0.6) is 0 Å². The van der Waals surface area contributed by atoms with Gasteiger partial charge in [0, 0.05) is 13.6 Å². The molecule has 0 aromatic heterocycles. The van der Waals surface area contributed by atoms with Gasteiger partial charge >= 0.3 is 6.09 Å². The van der Waals surface area contributed by atoms with E-state index in [9.17, 15) is 4.79 Å². The maximum absolute atomic E-state index is 11.2. The fourth-order valence-electron chi connectivity index (χ4n) is 1.37. The van der Waals surface area contributed by atoms with E-state index in [-0.39, 0.29) is 12.2 Å². The third-order valence-corrected chi connectivity index (χ3v) is 2.36. The highest BCUT2D eigenvalue weighted by Gasteiger charge is 2.20. The summed E-state index contributed by atoms with van der Waals surface area (Å²) in [6.07, 6.45) is 4.50. The average Bonchev–Trinajstić information content (AvgIpc) is 2.55. The van der Waals surface area contributed by atoms with Crippen LogP contribution in [0, 0.1) is 0 Å². The Hall–Kier alpha value is -0.730. The Morgan fingerprint density at radius 3 is 2.58 bits per heavy atom. The summed E-state index contributed by atoms with van der Waals surface area (Å²) >= 11 is 0. The van der Waals surface area contributed by atoms with Crippen molar-refractivity contribution in [3.63, 3.8) is 0 Å². The van der Waals surface area contributed by atoms with Crippen LogP contribution >= 0.6 is 0 Å². The summed E-state index contributed by atoms with van der Waals surface area (Å²) in [5, 5.41) is 0. The Bertz CT molecular complexity index is 153. The van der Waals surface area contributed by atoms with Gasteiger partial charge in [0.25, 0.3) is 0 Å². The molecule has 0 heterocycles. The van der Waals surface area contributed by atoms with E-state index in [0.29, 0.717) is 6.54 Å². The van der Waals surface area contributed by atoms with Crippen molar-refractivity contribution >= 4 is 6.09 Å². The molecule has 0 aliphatic heterocycles. The average molecular weight is 171 g/mol. The van der Waals surface area contributed by atoms with E-state index in [1.807, 2.05) is 6.92 Å². The number of carbonyl (C=O) groups excluding carboxylic acids is 1. The molecule has 3 nitrogen and oxygen atoms in total. The van der Waals surface area contributed by atoms with Crippen molar-refractivity contribution < 1.29 is 9.53 Å². The molecule has 3 heteroatoms. The van der Waals surface area contributed by atoms with Crippen molar-refractivity contribution in [2.75, 3.05) is 13.6 Å². The standard InChI is InChI=1S/C9H17NO2/c1-3-10(2)9(11)12-8-6-4-5-7-8/h8H,3-7H2,1-2H3. The van der Waals surface area contributed by atoms with Gasteiger partial charge in [0.2, 0.25) is 0 Å². The lowest BCUT2D eigenvalue weighted by Crippen LogP contribution is -2.29. The Kier molecular flexibility index (Phi) is 3.38. The number of ether oxygens (including phenoxy) is 1. The van der Waals surface area contributed by atoms with E-state index in [2.05, 4.69) is 0 Å². The van der Waals surface area contributed by atoms with Gasteiger partial charge in [-0.25, -0.2) is 4.79 Å². The van der Waals surface area contributed by atoms with Gasteiger partial charge < -0.3 is 9.64 Å². The first kappa shape index (κ1) is 9.36. The van der Waals surface area contributed by atoms with Gasteiger partial charge in [-0.15, -0.1) is 0 Å². The highest BCUT2D eigenvalue weighted by Crippen LogP contribution is 2.21. The molecule has 1 aliphatic carbocycles. The third kappa shape index (κ3) is 2.40. The minimum absolute atomic E-state index is 0.176. The van der Waals surface area contributed by atoms with Crippen molar-refractivity contribution in [3.8, 4) is 0 Å². The smallest absolute Gasteiger partial charge is 0.409 e. The van der Waals surface area contributed by atoms with Gasteiger partial charge in [-0.3, -0.25) is 0 Å². The quantitative estimate of drug-likeness (QED) is 0.636. The second-order valence-corrected chi connectivity index (χ2v) is 3.30. The molecular formula is C9H17NO2. The molecule has 12 heavy (non-hydrogen) atoms. The normalized spacial score (nSPS) is 17.8. The Balaban J connectivity index is 2.25. The maximum atomic E-state index is 11.2. The number of nitrogens with zero attached hydrogens (tertiary/aromatic N) is 1. The van der Waals surface area contributed by atoms with E-state index >= 15 is 0 Å². The zero-order valence-corrected chi connectivity index (χ0v) is 7.88. The Labute approximate surface area is 73.7 Å². The van der Waals surface area contributed by atoms with Crippen LogP contribution in [-0.4, -0.2) is 30.7 Å². The van der Waals surface area contributed by atoms with Gasteiger partial charge in [0.1, 0.15) is 6.10 Å². The number of hydrogen-bond acceptors (Lipinski definition) is 2. The van der Waals surface area contributed by atoms with Gasteiger partial charge in [-0.05, 0) is 32.6 Å². The second-order valence-electron chi connectivity index (χ2n) is 3.30. The van der Waals surface area contributed by atoms with E-state index in [0.717, 1.165) is 12.8 Å². The molecule has 0 bridgehead atoms. The Morgan fingerprint density at radius 2 is 2.08 bits per heavy atom. The van der Waals surface area contributed by atoms with Gasteiger partial charge in [-0.2, -0.15) is 0 Å².